The van der Waals surface area contributed by atoms with Crippen molar-refractivity contribution >= 4 is 55.1 Å². The second kappa shape index (κ2) is 12.4. The molecule has 33 heavy (non-hydrogen) atoms. The maximum absolute atomic E-state index is 13.5. The lowest BCUT2D eigenvalue weighted by atomic mass is 10.1. The Bertz CT molecular complexity index is 1050. The normalized spacial score (nSPS) is 12.2. The van der Waals surface area contributed by atoms with Crippen molar-refractivity contribution in [3.8, 4) is 0 Å². The van der Waals surface area contributed by atoms with Crippen LogP contribution in [-0.2, 0) is 26.2 Å². The van der Waals surface area contributed by atoms with Crippen molar-refractivity contribution in [3.05, 3.63) is 63.6 Å². The van der Waals surface area contributed by atoms with Gasteiger partial charge in [-0.25, -0.2) is 8.42 Å². The molecule has 0 saturated heterocycles. The molecule has 0 heterocycles. The summed E-state index contributed by atoms with van der Waals surface area (Å²) in [6, 6.07) is 12.9. The summed E-state index contributed by atoms with van der Waals surface area (Å²) in [5, 5.41) is 3.40. The topological polar surface area (TPSA) is 86.8 Å². The smallest absolute Gasteiger partial charge is 0.244 e. The molecule has 0 unspecified atom stereocenters. The average Bonchev–Trinajstić information content (AvgIpc) is 2.77. The lowest BCUT2D eigenvalue weighted by Crippen LogP contribution is -2.52. The minimum Gasteiger partial charge on any atom is -0.354 e. The summed E-state index contributed by atoms with van der Waals surface area (Å²) in [6.07, 6.45) is 2.20. The molecule has 2 aromatic carbocycles. The maximum atomic E-state index is 13.5. The van der Waals surface area contributed by atoms with Gasteiger partial charge in [0.25, 0.3) is 0 Å². The lowest BCUT2D eigenvalue weighted by molar-refractivity contribution is -0.140. The second-order valence-electron chi connectivity index (χ2n) is 7.61. The number of benzene rings is 2. The van der Waals surface area contributed by atoms with Gasteiger partial charge in [0.2, 0.25) is 21.8 Å². The van der Waals surface area contributed by atoms with Crippen LogP contribution in [0, 0.1) is 0 Å². The summed E-state index contributed by atoms with van der Waals surface area (Å²) in [5.41, 5.74) is 1.15. The number of hydrogen-bond donors (Lipinski definition) is 1. The second-order valence-corrected chi connectivity index (χ2v) is 10.9. The van der Waals surface area contributed by atoms with Gasteiger partial charge in [-0.05, 0) is 54.8 Å². The zero-order chi connectivity index (χ0) is 24.6. The summed E-state index contributed by atoms with van der Waals surface area (Å²) in [4.78, 5) is 27.8. The Morgan fingerprint density at radius 2 is 1.67 bits per heavy atom. The molecule has 180 valence electrons. The fourth-order valence-corrected chi connectivity index (χ4v) is 4.53. The third-order valence-corrected chi connectivity index (χ3v) is 6.92. The van der Waals surface area contributed by atoms with E-state index in [-0.39, 0.29) is 12.5 Å². The molecule has 0 aromatic heterocycles. The molecule has 0 aliphatic carbocycles. The molecule has 0 bridgehead atoms. The standard InChI is InChI=1S/C23H29BrClN3O4S/c1-4-14-26-23(30)21(5-2)27(15-17-6-10-19(25)11-7-17)22(29)16-28(33(3,31)32)20-12-8-18(24)9-13-20/h6-13,21H,4-5,14-16H2,1-3H3,(H,26,30)/t21-/m0/s1. The van der Waals surface area contributed by atoms with Crippen molar-refractivity contribution in [3.63, 3.8) is 0 Å². The van der Waals surface area contributed by atoms with E-state index >= 15 is 0 Å². The number of sulfonamides is 1. The molecular weight excluding hydrogens is 530 g/mol. The number of carbonyl (C=O) groups is 2. The number of amides is 2. The first-order valence-corrected chi connectivity index (χ1v) is 13.6. The van der Waals surface area contributed by atoms with Crippen molar-refractivity contribution in [2.45, 2.75) is 39.3 Å². The predicted octanol–water partition coefficient (Wildman–Crippen LogP) is 4.20. The van der Waals surface area contributed by atoms with E-state index < -0.39 is 28.5 Å². The first kappa shape index (κ1) is 27.1. The van der Waals surface area contributed by atoms with Crippen LogP contribution in [0.25, 0.3) is 0 Å². The Morgan fingerprint density at radius 1 is 1.06 bits per heavy atom. The molecule has 10 heteroatoms. The monoisotopic (exact) mass is 557 g/mol. The highest BCUT2D eigenvalue weighted by molar-refractivity contribution is 9.10. The summed E-state index contributed by atoms with van der Waals surface area (Å²) in [5.74, 6) is -0.743. The Hall–Kier alpha value is -2.10. The molecule has 0 aliphatic heterocycles. The first-order chi connectivity index (χ1) is 15.6. The van der Waals surface area contributed by atoms with Crippen LogP contribution in [0.2, 0.25) is 5.02 Å². The fraction of sp³-hybridized carbons (Fsp3) is 0.391. The number of nitrogens with zero attached hydrogens (tertiary/aromatic N) is 2. The fourth-order valence-electron chi connectivity index (χ4n) is 3.29. The van der Waals surface area contributed by atoms with Crippen LogP contribution < -0.4 is 9.62 Å². The number of halogens is 2. The minimum atomic E-state index is -3.75. The van der Waals surface area contributed by atoms with E-state index in [1.54, 1.807) is 48.5 Å². The van der Waals surface area contributed by atoms with Crippen molar-refractivity contribution < 1.29 is 18.0 Å². The van der Waals surface area contributed by atoms with E-state index in [9.17, 15) is 18.0 Å². The average molecular weight is 559 g/mol. The van der Waals surface area contributed by atoms with Crippen LogP contribution in [0.1, 0.15) is 32.3 Å². The van der Waals surface area contributed by atoms with Crippen LogP contribution in [0.15, 0.2) is 53.0 Å². The maximum Gasteiger partial charge on any atom is 0.244 e. The van der Waals surface area contributed by atoms with E-state index in [0.717, 1.165) is 27.0 Å². The molecule has 1 atom stereocenters. The number of rotatable bonds is 11. The minimum absolute atomic E-state index is 0.145. The van der Waals surface area contributed by atoms with Gasteiger partial charge in [-0.2, -0.15) is 0 Å². The molecular formula is C23H29BrClN3O4S. The Labute approximate surface area is 209 Å². The summed E-state index contributed by atoms with van der Waals surface area (Å²) >= 11 is 9.31. The third-order valence-electron chi connectivity index (χ3n) is 5.00. The van der Waals surface area contributed by atoms with Gasteiger partial charge < -0.3 is 10.2 Å². The van der Waals surface area contributed by atoms with Gasteiger partial charge in [0.05, 0.1) is 11.9 Å². The van der Waals surface area contributed by atoms with E-state index in [0.29, 0.717) is 23.7 Å². The molecule has 0 radical (unpaired) electrons. The van der Waals surface area contributed by atoms with Gasteiger partial charge in [-0.15, -0.1) is 0 Å². The number of hydrogen-bond acceptors (Lipinski definition) is 4. The van der Waals surface area contributed by atoms with E-state index in [1.165, 1.54) is 4.90 Å². The molecule has 7 nitrogen and oxygen atoms in total. The van der Waals surface area contributed by atoms with Gasteiger partial charge in [0.1, 0.15) is 12.6 Å². The van der Waals surface area contributed by atoms with Gasteiger partial charge in [-0.3, -0.25) is 13.9 Å². The summed E-state index contributed by atoms with van der Waals surface area (Å²) in [7, 11) is -3.75. The molecule has 0 saturated carbocycles. The molecule has 0 spiro atoms. The van der Waals surface area contributed by atoms with Crippen molar-refractivity contribution in [1.82, 2.24) is 10.2 Å². The van der Waals surface area contributed by atoms with Crippen molar-refractivity contribution in [2.75, 3.05) is 23.7 Å². The molecule has 2 aromatic rings. The van der Waals surface area contributed by atoms with E-state index in [1.807, 2.05) is 13.8 Å². The van der Waals surface area contributed by atoms with Gasteiger partial charge in [0, 0.05) is 22.6 Å². The molecule has 1 N–H and O–H groups in total. The zero-order valence-corrected chi connectivity index (χ0v) is 22.1. The summed E-state index contributed by atoms with van der Waals surface area (Å²) < 4.78 is 26.9. The van der Waals surface area contributed by atoms with Crippen molar-refractivity contribution in [2.24, 2.45) is 0 Å². The SMILES string of the molecule is CCCNC(=O)[C@H](CC)N(Cc1ccc(Cl)cc1)C(=O)CN(c1ccc(Br)cc1)S(C)(=O)=O. The lowest BCUT2D eigenvalue weighted by Gasteiger charge is -2.33. The van der Waals surface area contributed by atoms with E-state index in [4.69, 9.17) is 11.6 Å². The van der Waals surface area contributed by atoms with Gasteiger partial charge >= 0.3 is 0 Å². The molecule has 0 fully saturated rings. The number of nitrogens with one attached hydrogen (secondary N) is 1. The third kappa shape index (κ3) is 8.01. The highest BCUT2D eigenvalue weighted by Gasteiger charge is 2.31. The Morgan fingerprint density at radius 3 is 2.18 bits per heavy atom. The predicted molar refractivity (Wildman–Crippen MR) is 136 cm³/mol. The number of anilines is 1. The van der Waals surface area contributed by atoms with Crippen LogP contribution in [0.3, 0.4) is 0 Å². The van der Waals surface area contributed by atoms with Gasteiger partial charge in [-0.1, -0.05) is 53.5 Å². The van der Waals surface area contributed by atoms with Crippen LogP contribution in [0.4, 0.5) is 5.69 Å². The highest BCUT2D eigenvalue weighted by atomic mass is 79.9. The largest absolute Gasteiger partial charge is 0.354 e. The first-order valence-electron chi connectivity index (χ1n) is 10.6. The van der Waals surface area contributed by atoms with E-state index in [2.05, 4.69) is 21.2 Å². The zero-order valence-electron chi connectivity index (χ0n) is 18.9. The number of carbonyl (C=O) groups excluding carboxylic acids is 2. The quantitative estimate of drug-likeness (QED) is 0.448. The van der Waals surface area contributed by atoms with Crippen LogP contribution >= 0.6 is 27.5 Å². The van der Waals surface area contributed by atoms with Crippen LogP contribution in [-0.4, -0.2) is 50.5 Å². The summed E-state index contributed by atoms with van der Waals surface area (Å²) in [6.45, 7) is 3.98. The molecule has 2 amide bonds. The van der Waals surface area contributed by atoms with Crippen LogP contribution in [0.5, 0.6) is 0 Å². The molecule has 0 aliphatic rings. The highest BCUT2D eigenvalue weighted by Crippen LogP contribution is 2.22. The Balaban J connectivity index is 2.39. The van der Waals surface area contributed by atoms with Crippen molar-refractivity contribution in [1.29, 1.82) is 0 Å². The molecule has 2 rings (SSSR count). The van der Waals surface area contributed by atoms with Gasteiger partial charge in [0.15, 0.2) is 0 Å². The Kier molecular flexibility index (Phi) is 10.2.